The largest absolute Gasteiger partial charge is 0.393 e. The number of aliphatic hydroxyl groups is 1. The molecule has 3 fully saturated rings. The second-order valence-corrected chi connectivity index (χ2v) is 7.47. The third kappa shape index (κ3) is 2.71. The lowest BCUT2D eigenvalue weighted by atomic mass is 9.67. The summed E-state index contributed by atoms with van der Waals surface area (Å²) in [6, 6.07) is 1.45. The maximum atomic E-state index is 10.1. The van der Waals surface area contributed by atoms with E-state index in [2.05, 4.69) is 11.9 Å². The molecule has 3 rings (SSSR count). The molecule has 3 aliphatic rings. The Balaban J connectivity index is 1.74. The molecule has 19 heavy (non-hydrogen) atoms. The lowest BCUT2D eigenvalue weighted by Crippen LogP contribution is -2.53. The smallest absolute Gasteiger partial charge is 0.0555 e. The van der Waals surface area contributed by atoms with Gasteiger partial charge in [-0.15, -0.1) is 0 Å². The van der Waals surface area contributed by atoms with Gasteiger partial charge in [0.1, 0.15) is 0 Å². The van der Waals surface area contributed by atoms with Crippen LogP contribution in [0.15, 0.2) is 0 Å². The van der Waals surface area contributed by atoms with Gasteiger partial charge >= 0.3 is 0 Å². The van der Waals surface area contributed by atoms with Crippen molar-refractivity contribution >= 4 is 0 Å². The molecule has 110 valence electrons. The van der Waals surface area contributed by atoms with Crippen molar-refractivity contribution < 1.29 is 5.11 Å². The Morgan fingerprint density at radius 2 is 1.58 bits per heavy atom. The van der Waals surface area contributed by atoms with E-state index in [0.29, 0.717) is 11.5 Å². The number of hydrogen-bond acceptors (Lipinski definition) is 2. The monoisotopic (exact) mass is 265 g/mol. The van der Waals surface area contributed by atoms with Gasteiger partial charge in [0, 0.05) is 12.1 Å². The highest BCUT2D eigenvalue weighted by molar-refractivity contribution is 5.01. The first-order valence-corrected chi connectivity index (χ1v) is 8.61. The first-order chi connectivity index (χ1) is 9.21. The Morgan fingerprint density at radius 1 is 0.895 bits per heavy atom. The molecule has 1 spiro atoms. The summed E-state index contributed by atoms with van der Waals surface area (Å²) in [5, 5.41) is 10.1. The van der Waals surface area contributed by atoms with Crippen LogP contribution in [-0.4, -0.2) is 35.2 Å². The quantitative estimate of drug-likeness (QED) is 0.822. The van der Waals surface area contributed by atoms with Crippen LogP contribution in [0.4, 0.5) is 0 Å². The summed E-state index contributed by atoms with van der Waals surface area (Å²) in [7, 11) is 2.36. The average molecular weight is 265 g/mol. The zero-order valence-corrected chi connectivity index (χ0v) is 12.6. The molecule has 0 aromatic rings. The fraction of sp³-hybridized carbons (Fsp3) is 1.00. The molecule has 0 aliphatic heterocycles. The van der Waals surface area contributed by atoms with E-state index in [1.165, 1.54) is 64.2 Å². The summed E-state index contributed by atoms with van der Waals surface area (Å²) < 4.78 is 0. The highest BCUT2D eigenvalue weighted by Gasteiger charge is 2.47. The Hall–Kier alpha value is -0.0800. The molecule has 0 aromatic carbocycles. The highest BCUT2D eigenvalue weighted by atomic mass is 16.3. The second-order valence-electron chi connectivity index (χ2n) is 7.47. The molecule has 0 radical (unpaired) electrons. The van der Waals surface area contributed by atoms with Crippen molar-refractivity contribution in [3.8, 4) is 0 Å². The fourth-order valence-electron chi connectivity index (χ4n) is 5.25. The third-order valence-electron chi connectivity index (χ3n) is 6.42. The maximum absolute atomic E-state index is 10.1. The summed E-state index contributed by atoms with van der Waals surface area (Å²) in [4.78, 5) is 2.70. The van der Waals surface area contributed by atoms with Crippen molar-refractivity contribution in [2.24, 2.45) is 5.41 Å². The van der Waals surface area contributed by atoms with Crippen LogP contribution < -0.4 is 0 Å². The van der Waals surface area contributed by atoms with Gasteiger partial charge in [-0.1, -0.05) is 32.1 Å². The maximum Gasteiger partial charge on any atom is 0.0555 e. The molecule has 2 heteroatoms. The first kappa shape index (κ1) is 13.9. The zero-order valence-electron chi connectivity index (χ0n) is 12.6. The van der Waals surface area contributed by atoms with Crippen LogP contribution in [0.2, 0.25) is 0 Å². The summed E-state index contributed by atoms with van der Waals surface area (Å²) in [5.41, 5.74) is 0.561. The van der Waals surface area contributed by atoms with E-state index in [9.17, 15) is 5.11 Å². The Morgan fingerprint density at radius 3 is 2.26 bits per heavy atom. The second kappa shape index (κ2) is 5.73. The number of nitrogens with zero attached hydrogens (tertiary/aromatic N) is 1. The minimum atomic E-state index is -0.0396. The SMILES string of the molecule is CN(C1CCCCC1)C1CC(O)CCC12CCCC2. The summed E-state index contributed by atoms with van der Waals surface area (Å²) in [6.45, 7) is 0. The Kier molecular flexibility index (Phi) is 4.19. The van der Waals surface area contributed by atoms with E-state index in [0.717, 1.165) is 18.9 Å². The first-order valence-electron chi connectivity index (χ1n) is 8.61. The van der Waals surface area contributed by atoms with Gasteiger partial charge in [-0.05, 0) is 57.4 Å². The molecular weight excluding hydrogens is 234 g/mol. The third-order valence-corrected chi connectivity index (χ3v) is 6.42. The van der Waals surface area contributed by atoms with Crippen molar-refractivity contribution in [2.75, 3.05) is 7.05 Å². The van der Waals surface area contributed by atoms with Gasteiger partial charge in [0.25, 0.3) is 0 Å². The number of hydrogen-bond donors (Lipinski definition) is 1. The summed E-state index contributed by atoms with van der Waals surface area (Å²) in [5.74, 6) is 0. The lowest BCUT2D eigenvalue weighted by Gasteiger charge is -2.50. The van der Waals surface area contributed by atoms with Crippen LogP contribution in [0.25, 0.3) is 0 Å². The predicted octanol–water partition coefficient (Wildman–Crippen LogP) is 3.72. The van der Waals surface area contributed by atoms with Crippen molar-refractivity contribution in [1.29, 1.82) is 0 Å². The van der Waals surface area contributed by atoms with Gasteiger partial charge in [0.05, 0.1) is 6.10 Å². The van der Waals surface area contributed by atoms with Gasteiger partial charge in [-0.2, -0.15) is 0 Å². The molecule has 0 heterocycles. The van der Waals surface area contributed by atoms with Gasteiger partial charge < -0.3 is 5.11 Å². The summed E-state index contributed by atoms with van der Waals surface area (Å²) in [6.07, 6.45) is 16.0. The van der Waals surface area contributed by atoms with Crippen LogP contribution >= 0.6 is 0 Å². The molecule has 2 unspecified atom stereocenters. The molecule has 3 aliphatic carbocycles. The van der Waals surface area contributed by atoms with Gasteiger partial charge in [0.2, 0.25) is 0 Å². The minimum Gasteiger partial charge on any atom is -0.393 e. The Labute approximate surface area is 118 Å². The van der Waals surface area contributed by atoms with Crippen LogP contribution in [-0.2, 0) is 0 Å². The van der Waals surface area contributed by atoms with Crippen LogP contribution in [0, 0.1) is 5.41 Å². The van der Waals surface area contributed by atoms with Crippen LogP contribution in [0.3, 0.4) is 0 Å². The van der Waals surface area contributed by atoms with Crippen LogP contribution in [0.1, 0.15) is 77.0 Å². The van der Waals surface area contributed by atoms with Gasteiger partial charge in [-0.25, -0.2) is 0 Å². The molecule has 0 amide bonds. The number of rotatable bonds is 2. The van der Waals surface area contributed by atoms with E-state index in [1.54, 1.807) is 0 Å². The van der Waals surface area contributed by atoms with E-state index in [1.807, 2.05) is 0 Å². The van der Waals surface area contributed by atoms with E-state index >= 15 is 0 Å². The average Bonchev–Trinajstić information content (AvgIpc) is 2.91. The van der Waals surface area contributed by atoms with Crippen molar-refractivity contribution in [3.63, 3.8) is 0 Å². The molecule has 3 saturated carbocycles. The van der Waals surface area contributed by atoms with Gasteiger partial charge in [-0.3, -0.25) is 4.90 Å². The van der Waals surface area contributed by atoms with Crippen LogP contribution in [0.5, 0.6) is 0 Å². The van der Waals surface area contributed by atoms with E-state index in [4.69, 9.17) is 0 Å². The Bertz CT molecular complexity index is 292. The molecule has 1 N–H and O–H groups in total. The van der Waals surface area contributed by atoms with Crippen molar-refractivity contribution in [2.45, 2.75) is 95.2 Å². The molecule has 0 bridgehead atoms. The topological polar surface area (TPSA) is 23.5 Å². The molecule has 2 nitrogen and oxygen atoms in total. The lowest BCUT2D eigenvalue weighted by molar-refractivity contribution is -0.0371. The van der Waals surface area contributed by atoms with Gasteiger partial charge in [0.15, 0.2) is 0 Å². The number of aliphatic hydroxyl groups excluding tert-OH is 1. The van der Waals surface area contributed by atoms with Crippen molar-refractivity contribution in [3.05, 3.63) is 0 Å². The zero-order chi connectivity index (χ0) is 13.3. The molecule has 0 saturated heterocycles. The summed E-state index contributed by atoms with van der Waals surface area (Å²) >= 11 is 0. The minimum absolute atomic E-state index is 0.0396. The van der Waals surface area contributed by atoms with Crippen molar-refractivity contribution in [1.82, 2.24) is 4.90 Å². The van der Waals surface area contributed by atoms with E-state index in [-0.39, 0.29) is 6.10 Å². The normalized spacial score (nSPS) is 36.2. The highest BCUT2D eigenvalue weighted by Crippen LogP contribution is 2.51. The molecule has 2 atom stereocenters. The standard InChI is InChI=1S/C17H31NO/c1-18(14-7-3-2-4-8-14)16-13-15(19)9-12-17(16)10-5-6-11-17/h14-16,19H,2-13H2,1H3. The fourth-order valence-corrected chi connectivity index (χ4v) is 5.25. The molecule has 0 aromatic heterocycles. The van der Waals surface area contributed by atoms with E-state index < -0.39 is 0 Å². The molecular formula is C17H31NO. The predicted molar refractivity (Wildman–Crippen MR) is 79.2 cm³/mol.